The molecule has 16 heavy (non-hydrogen) atoms. The van der Waals surface area contributed by atoms with E-state index in [9.17, 15) is 0 Å². The second-order valence-electron chi connectivity index (χ2n) is 4.38. The van der Waals surface area contributed by atoms with Gasteiger partial charge in [0, 0.05) is 12.1 Å². The topological polar surface area (TPSA) is 32.3 Å². The molecule has 0 aliphatic heterocycles. The van der Waals surface area contributed by atoms with E-state index in [0.717, 1.165) is 19.3 Å². The van der Waals surface area contributed by atoms with Gasteiger partial charge in [-0.1, -0.05) is 37.3 Å². The minimum Gasteiger partial charge on any atom is -0.395 e. The summed E-state index contributed by atoms with van der Waals surface area (Å²) in [4.78, 5) is 0. The van der Waals surface area contributed by atoms with Crippen LogP contribution in [0.25, 0.3) is 0 Å². The fourth-order valence-electron chi connectivity index (χ4n) is 1.81. The Morgan fingerprint density at radius 1 is 1.25 bits per heavy atom. The van der Waals surface area contributed by atoms with Crippen molar-refractivity contribution in [2.24, 2.45) is 0 Å². The van der Waals surface area contributed by atoms with Crippen LogP contribution in [-0.2, 0) is 6.42 Å². The normalized spacial score (nSPS) is 14.7. The highest BCUT2D eigenvalue weighted by Crippen LogP contribution is 2.05. The van der Waals surface area contributed by atoms with Crippen molar-refractivity contribution < 1.29 is 5.11 Å². The molecule has 2 nitrogen and oxygen atoms in total. The maximum absolute atomic E-state index is 9.10. The summed E-state index contributed by atoms with van der Waals surface area (Å²) >= 11 is 0. The summed E-state index contributed by atoms with van der Waals surface area (Å²) in [6.45, 7) is 4.51. The molecule has 90 valence electrons. The molecule has 1 aromatic carbocycles. The lowest BCUT2D eigenvalue weighted by Crippen LogP contribution is -2.38. The zero-order chi connectivity index (χ0) is 11.8. The van der Waals surface area contributed by atoms with Gasteiger partial charge in [0.15, 0.2) is 0 Å². The Bertz CT molecular complexity index is 269. The Labute approximate surface area is 98.7 Å². The Hall–Kier alpha value is -0.860. The van der Waals surface area contributed by atoms with E-state index in [-0.39, 0.29) is 12.6 Å². The molecular formula is C14H23NO. The van der Waals surface area contributed by atoms with E-state index in [1.807, 2.05) is 6.07 Å². The first-order valence-electron chi connectivity index (χ1n) is 6.17. The Morgan fingerprint density at radius 2 is 1.94 bits per heavy atom. The van der Waals surface area contributed by atoms with Crippen molar-refractivity contribution in [3.8, 4) is 0 Å². The van der Waals surface area contributed by atoms with E-state index >= 15 is 0 Å². The quantitative estimate of drug-likeness (QED) is 0.741. The molecule has 0 spiro atoms. The first-order chi connectivity index (χ1) is 7.76. The Balaban J connectivity index is 2.27. The molecule has 0 fully saturated rings. The maximum atomic E-state index is 9.10. The molecule has 0 radical (unpaired) electrons. The molecule has 0 heterocycles. The molecular weight excluding hydrogens is 198 g/mol. The van der Waals surface area contributed by atoms with E-state index in [4.69, 9.17) is 5.11 Å². The fourth-order valence-corrected chi connectivity index (χ4v) is 1.81. The fraction of sp³-hybridized carbons (Fsp3) is 0.571. The van der Waals surface area contributed by atoms with E-state index in [1.165, 1.54) is 5.56 Å². The van der Waals surface area contributed by atoms with Crippen LogP contribution < -0.4 is 5.32 Å². The minimum absolute atomic E-state index is 0.228. The first kappa shape index (κ1) is 13.2. The van der Waals surface area contributed by atoms with Crippen molar-refractivity contribution in [2.75, 3.05) is 6.61 Å². The highest BCUT2D eigenvalue weighted by molar-refractivity contribution is 5.14. The molecule has 0 bridgehead atoms. The van der Waals surface area contributed by atoms with Crippen LogP contribution in [0.4, 0.5) is 0 Å². The highest BCUT2D eigenvalue weighted by atomic mass is 16.3. The van der Waals surface area contributed by atoms with E-state index < -0.39 is 0 Å². The SMILES string of the molecule is CC[C@H](CO)NC(C)CCc1ccccc1. The number of benzene rings is 1. The lowest BCUT2D eigenvalue weighted by atomic mass is 10.1. The molecule has 0 aromatic heterocycles. The van der Waals surface area contributed by atoms with Gasteiger partial charge in [-0.05, 0) is 31.7 Å². The van der Waals surface area contributed by atoms with Gasteiger partial charge < -0.3 is 10.4 Å². The maximum Gasteiger partial charge on any atom is 0.0584 e. The van der Waals surface area contributed by atoms with Crippen molar-refractivity contribution in [3.63, 3.8) is 0 Å². The van der Waals surface area contributed by atoms with Crippen molar-refractivity contribution in [2.45, 2.75) is 45.2 Å². The third-order valence-corrected chi connectivity index (χ3v) is 2.94. The predicted octanol–water partition coefficient (Wildman–Crippen LogP) is 2.37. The summed E-state index contributed by atoms with van der Waals surface area (Å²) in [5, 5.41) is 12.5. The van der Waals surface area contributed by atoms with Crippen LogP contribution in [-0.4, -0.2) is 23.8 Å². The second-order valence-corrected chi connectivity index (χ2v) is 4.38. The number of aliphatic hydroxyl groups excluding tert-OH is 1. The summed E-state index contributed by atoms with van der Waals surface area (Å²) < 4.78 is 0. The minimum atomic E-state index is 0.228. The molecule has 0 saturated carbocycles. The van der Waals surface area contributed by atoms with Crippen molar-refractivity contribution in [1.82, 2.24) is 5.32 Å². The summed E-state index contributed by atoms with van der Waals surface area (Å²) in [7, 11) is 0. The number of hydrogen-bond donors (Lipinski definition) is 2. The molecule has 0 saturated heterocycles. The number of aliphatic hydroxyl groups is 1. The van der Waals surface area contributed by atoms with E-state index in [0.29, 0.717) is 6.04 Å². The van der Waals surface area contributed by atoms with Gasteiger partial charge in [-0.2, -0.15) is 0 Å². The number of aryl methyl sites for hydroxylation is 1. The molecule has 2 N–H and O–H groups in total. The van der Waals surface area contributed by atoms with E-state index in [1.54, 1.807) is 0 Å². The molecule has 1 aromatic rings. The summed E-state index contributed by atoms with van der Waals surface area (Å²) in [5.74, 6) is 0. The van der Waals surface area contributed by atoms with Gasteiger partial charge in [-0.15, -0.1) is 0 Å². The highest BCUT2D eigenvalue weighted by Gasteiger charge is 2.08. The largest absolute Gasteiger partial charge is 0.395 e. The van der Waals surface area contributed by atoms with Crippen LogP contribution in [0.2, 0.25) is 0 Å². The van der Waals surface area contributed by atoms with Gasteiger partial charge >= 0.3 is 0 Å². The van der Waals surface area contributed by atoms with Crippen molar-refractivity contribution in [3.05, 3.63) is 35.9 Å². The van der Waals surface area contributed by atoms with E-state index in [2.05, 4.69) is 43.4 Å². The third-order valence-electron chi connectivity index (χ3n) is 2.94. The van der Waals surface area contributed by atoms with Crippen LogP contribution >= 0.6 is 0 Å². The Kier molecular flexibility index (Phi) is 6.12. The molecule has 0 aliphatic carbocycles. The Morgan fingerprint density at radius 3 is 2.50 bits per heavy atom. The van der Waals surface area contributed by atoms with Crippen LogP contribution in [0.3, 0.4) is 0 Å². The summed E-state index contributed by atoms with van der Waals surface area (Å²) in [6.07, 6.45) is 3.18. The molecule has 1 unspecified atom stereocenters. The van der Waals surface area contributed by atoms with Crippen LogP contribution in [0.5, 0.6) is 0 Å². The smallest absolute Gasteiger partial charge is 0.0584 e. The van der Waals surface area contributed by atoms with Crippen LogP contribution in [0, 0.1) is 0 Å². The number of hydrogen-bond acceptors (Lipinski definition) is 2. The van der Waals surface area contributed by atoms with Crippen LogP contribution in [0.1, 0.15) is 32.3 Å². The molecule has 0 aliphatic rings. The van der Waals surface area contributed by atoms with Gasteiger partial charge in [-0.3, -0.25) is 0 Å². The van der Waals surface area contributed by atoms with Gasteiger partial charge in [0.25, 0.3) is 0 Å². The molecule has 2 heteroatoms. The zero-order valence-corrected chi connectivity index (χ0v) is 10.3. The number of nitrogens with one attached hydrogen (secondary N) is 1. The summed E-state index contributed by atoms with van der Waals surface area (Å²) in [6, 6.07) is 11.2. The van der Waals surface area contributed by atoms with Crippen molar-refractivity contribution >= 4 is 0 Å². The van der Waals surface area contributed by atoms with Gasteiger partial charge in [0.05, 0.1) is 6.61 Å². The second kappa shape index (κ2) is 7.42. The predicted molar refractivity (Wildman–Crippen MR) is 68.5 cm³/mol. The van der Waals surface area contributed by atoms with Crippen LogP contribution in [0.15, 0.2) is 30.3 Å². The first-order valence-corrected chi connectivity index (χ1v) is 6.17. The average molecular weight is 221 g/mol. The number of rotatable bonds is 7. The van der Waals surface area contributed by atoms with Crippen molar-refractivity contribution in [1.29, 1.82) is 0 Å². The van der Waals surface area contributed by atoms with Gasteiger partial charge in [0.2, 0.25) is 0 Å². The average Bonchev–Trinajstić information content (AvgIpc) is 2.34. The third kappa shape index (κ3) is 4.77. The summed E-state index contributed by atoms with van der Waals surface area (Å²) in [5.41, 5.74) is 1.38. The zero-order valence-electron chi connectivity index (χ0n) is 10.3. The van der Waals surface area contributed by atoms with Gasteiger partial charge in [-0.25, -0.2) is 0 Å². The molecule has 0 amide bonds. The molecule has 2 atom stereocenters. The standard InChI is InChI=1S/C14H23NO/c1-3-14(11-16)15-12(2)9-10-13-7-5-4-6-8-13/h4-8,12,14-16H,3,9-11H2,1-2H3/t12?,14-/m1/s1. The van der Waals surface area contributed by atoms with Gasteiger partial charge in [0.1, 0.15) is 0 Å². The monoisotopic (exact) mass is 221 g/mol. The lowest BCUT2D eigenvalue weighted by molar-refractivity contribution is 0.228. The molecule has 1 rings (SSSR count). The lowest BCUT2D eigenvalue weighted by Gasteiger charge is -2.20.